The summed E-state index contributed by atoms with van der Waals surface area (Å²) < 4.78 is 0. The molecular weight excluding hydrogens is 196 g/mol. The maximum absolute atomic E-state index is 2.66. The van der Waals surface area contributed by atoms with E-state index in [4.69, 9.17) is 0 Å². The van der Waals surface area contributed by atoms with Gasteiger partial charge in [0.1, 0.15) is 0 Å². The maximum atomic E-state index is 2.66. The number of nitrogens with zero attached hydrogens (tertiary/aromatic N) is 2. The van der Waals surface area contributed by atoms with Gasteiger partial charge in [-0.2, -0.15) is 0 Å². The van der Waals surface area contributed by atoms with Crippen molar-refractivity contribution < 1.29 is 0 Å². The Hall–Kier alpha value is -0.0800. The molecule has 2 heterocycles. The van der Waals surface area contributed by atoms with Gasteiger partial charge in [0, 0.05) is 18.1 Å². The molecule has 0 N–H and O–H groups in total. The Morgan fingerprint density at radius 3 is 2.44 bits per heavy atom. The Morgan fingerprint density at radius 2 is 1.69 bits per heavy atom. The third-order valence-corrected chi connectivity index (χ3v) is 5.20. The van der Waals surface area contributed by atoms with Crippen molar-refractivity contribution in [2.75, 3.05) is 20.6 Å². The SMILES string of the molecule is CC1C(C2CCCC(C)N2C)CCCN1C. The molecule has 0 saturated carbocycles. The van der Waals surface area contributed by atoms with Crippen LogP contribution >= 0.6 is 0 Å². The van der Waals surface area contributed by atoms with E-state index in [-0.39, 0.29) is 0 Å². The van der Waals surface area contributed by atoms with Crippen LogP contribution in [-0.2, 0) is 0 Å². The second-order valence-electron chi connectivity index (χ2n) is 6.04. The molecule has 0 aromatic rings. The quantitative estimate of drug-likeness (QED) is 0.675. The molecule has 0 aliphatic carbocycles. The zero-order chi connectivity index (χ0) is 11.7. The fourth-order valence-electron chi connectivity index (χ4n) is 3.73. The van der Waals surface area contributed by atoms with Crippen LogP contribution in [0.3, 0.4) is 0 Å². The topological polar surface area (TPSA) is 6.48 Å². The van der Waals surface area contributed by atoms with Gasteiger partial charge >= 0.3 is 0 Å². The zero-order valence-electron chi connectivity index (χ0n) is 11.4. The Balaban J connectivity index is 2.04. The summed E-state index contributed by atoms with van der Waals surface area (Å²) in [6, 6.07) is 2.39. The van der Waals surface area contributed by atoms with Crippen LogP contribution in [0.4, 0.5) is 0 Å². The molecule has 4 unspecified atom stereocenters. The fourth-order valence-corrected chi connectivity index (χ4v) is 3.73. The minimum Gasteiger partial charge on any atom is -0.303 e. The Bertz CT molecular complexity index is 205. The standard InChI is InChI=1S/C14H28N2/c1-11-7-5-9-14(16(11)4)13-8-6-10-15(3)12(13)2/h11-14H,5-10H2,1-4H3. The summed E-state index contributed by atoms with van der Waals surface area (Å²) in [6.45, 7) is 6.12. The molecule has 0 aromatic carbocycles. The Kier molecular flexibility index (Phi) is 3.91. The molecule has 2 aliphatic rings. The van der Waals surface area contributed by atoms with Crippen LogP contribution in [0, 0.1) is 5.92 Å². The predicted molar refractivity (Wildman–Crippen MR) is 69.7 cm³/mol. The molecule has 0 aromatic heterocycles. The van der Waals surface area contributed by atoms with Gasteiger partial charge in [-0.1, -0.05) is 6.42 Å². The molecule has 0 amide bonds. The minimum atomic E-state index is 0.770. The molecule has 2 nitrogen and oxygen atoms in total. The average Bonchev–Trinajstić information content (AvgIpc) is 2.27. The highest BCUT2D eigenvalue weighted by Gasteiger charge is 2.36. The zero-order valence-corrected chi connectivity index (χ0v) is 11.4. The van der Waals surface area contributed by atoms with Crippen molar-refractivity contribution in [3.05, 3.63) is 0 Å². The average molecular weight is 224 g/mol. The number of piperidine rings is 2. The molecular formula is C14H28N2. The number of hydrogen-bond donors (Lipinski definition) is 0. The van der Waals surface area contributed by atoms with E-state index in [0.717, 1.165) is 24.0 Å². The van der Waals surface area contributed by atoms with Gasteiger partial charge in [0.25, 0.3) is 0 Å². The molecule has 0 radical (unpaired) electrons. The molecule has 16 heavy (non-hydrogen) atoms. The van der Waals surface area contributed by atoms with Crippen LogP contribution in [-0.4, -0.2) is 48.6 Å². The largest absolute Gasteiger partial charge is 0.303 e. The first-order chi connectivity index (χ1) is 7.61. The first kappa shape index (κ1) is 12.4. The second-order valence-corrected chi connectivity index (χ2v) is 6.04. The molecule has 4 atom stereocenters. The highest BCUT2D eigenvalue weighted by molar-refractivity contribution is 4.91. The van der Waals surface area contributed by atoms with Crippen LogP contribution < -0.4 is 0 Å². The van der Waals surface area contributed by atoms with Crippen molar-refractivity contribution in [1.82, 2.24) is 9.80 Å². The van der Waals surface area contributed by atoms with Gasteiger partial charge in [0.2, 0.25) is 0 Å². The number of hydrogen-bond acceptors (Lipinski definition) is 2. The van der Waals surface area contributed by atoms with Crippen LogP contribution in [0.5, 0.6) is 0 Å². The molecule has 0 bridgehead atoms. The molecule has 2 rings (SSSR count). The van der Waals surface area contributed by atoms with Crippen molar-refractivity contribution >= 4 is 0 Å². The lowest BCUT2D eigenvalue weighted by Gasteiger charge is -2.48. The summed E-state index contributed by atoms with van der Waals surface area (Å²) in [5.74, 6) is 0.895. The van der Waals surface area contributed by atoms with E-state index < -0.39 is 0 Å². The number of rotatable bonds is 1. The molecule has 2 heteroatoms. The van der Waals surface area contributed by atoms with Gasteiger partial charge < -0.3 is 9.80 Å². The van der Waals surface area contributed by atoms with E-state index in [9.17, 15) is 0 Å². The van der Waals surface area contributed by atoms with E-state index in [1.807, 2.05) is 0 Å². The summed E-state index contributed by atoms with van der Waals surface area (Å²) >= 11 is 0. The Morgan fingerprint density at radius 1 is 0.938 bits per heavy atom. The summed E-state index contributed by atoms with van der Waals surface area (Å²) in [6.07, 6.45) is 7.08. The van der Waals surface area contributed by atoms with Crippen LogP contribution in [0.2, 0.25) is 0 Å². The number of likely N-dealkylation sites (tertiary alicyclic amines) is 2. The van der Waals surface area contributed by atoms with Gasteiger partial charge in [-0.15, -0.1) is 0 Å². The molecule has 2 aliphatic heterocycles. The van der Waals surface area contributed by atoms with Crippen molar-refractivity contribution in [2.45, 2.75) is 64.1 Å². The van der Waals surface area contributed by atoms with Crippen molar-refractivity contribution in [3.63, 3.8) is 0 Å². The van der Waals surface area contributed by atoms with Crippen molar-refractivity contribution in [2.24, 2.45) is 5.92 Å². The van der Waals surface area contributed by atoms with E-state index in [2.05, 4.69) is 37.7 Å². The van der Waals surface area contributed by atoms with E-state index in [0.29, 0.717) is 0 Å². The summed E-state index contributed by atoms with van der Waals surface area (Å²) in [4.78, 5) is 5.21. The van der Waals surface area contributed by atoms with Gasteiger partial charge in [0.15, 0.2) is 0 Å². The highest BCUT2D eigenvalue weighted by Crippen LogP contribution is 2.34. The summed E-state index contributed by atoms with van der Waals surface area (Å²) in [7, 11) is 4.64. The van der Waals surface area contributed by atoms with Crippen molar-refractivity contribution in [1.29, 1.82) is 0 Å². The highest BCUT2D eigenvalue weighted by atomic mass is 15.2. The second kappa shape index (κ2) is 5.05. The molecule has 0 spiro atoms. The molecule has 94 valence electrons. The van der Waals surface area contributed by atoms with Crippen molar-refractivity contribution in [3.8, 4) is 0 Å². The fraction of sp³-hybridized carbons (Fsp3) is 1.00. The normalized spacial score (nSPS) is 43.5. The first-order valence-electron chi connectivity index (χ1n) is 7.03. The van der Waals surface area contributed by atoms with Gasteiger partial charge in [-0.25, -0.2) is 0 Å². The predicted octanol–water partition coefficient (Wildman–Crippen LogP) is 2.59. The van der Waals surface area contributed by atoms with Crippen LogP contribution in [0.15, 0.2) is 0 Å². The van der Waals surface area contributed by atoms with Gasteiger partial charge in [-0.3, -0.25) is 0 Å². The third kappa shape index (κ3) is 2.28. The summed E-state index contributed by atoms with van der Waals surface area (Å²) in [5.41, 5.74) is 0. The van der Waals surface area contributed by atoms with E-state index in [1.165, 1.54) is 38.6 Å². The third-order valence-electron chi connectivity index (χ3n) is 5.20. The van der Waals surface area contributed by atoms with Gasteiger partial charge in [-0.05, 0) is 66.1 Å². The van der Waals surface area contributed by atoms with Crippen LogP contribution in [0.25, 0.3) is 0 Å². The van der Waals surface area contributed by atoms with Crippen LogP contribution in [0.1, 0.15) is 46.0 Å². The van der Waals surface area contributed by atoms with Gasteiger partial charge in [0.05, 0.1) is 0 Å². The molecule has 2 fully saturated rings. The monoisotopic (exact) mass is 224 g/mol. The lowest BCUT2D eigenvalue weighted by atomic mass is 9.79. The van der Waals surface area contributed by atoms with E-state index >= 15 is 0 Å². The minimum absolute atomic E-state index is 0.770. The first-order valence-corrected chi connectivity index (χ1v) is 7.03. The Labute approximate surface area is 101 Å². The molecule has 2 saturated heterocycles. The lowest BCUT2D eigenvalue weighted by Crippen LogP contribution is -2.53. The maximum Gasteiger partial charge on any atom is 0.0138 e. The summed E-state index contributed by atoms with van der Waals surface area (Å²) in [5, 5.41) is 0. The lowest BCUT2D eigenvalue weighted by molar-refractivity contribution is 0.0197. The smallest absolute Gasteiger partial charge is 0.0138 e. The van der Waals surface area contributed by atoms with E-state index in [1.54, 1.807) is 0 Å².